The lowest BCUT2D eigenvalue weighted by Crippen LogP contribution is -2.02. The molecule has 1 aromatic carbocycles. The highest BCUT2D eigenvalue weighted by Crippen LogP contribution is 2.22. The Balaban J connectivity index is 2.14. The molecule has 21 heavy (non-hydrogen) atoms. The van der Waals surface area contributed by atoms with Crippen LogP contribution in [0.5, 0.6) is 0 Å². The normalized spacial score (nSPS) is 10.3. The smallest absolute Gasteiger partial charge is 0.157 e. The average molecular weight is 275 g/mol. The Morgan fingerprint density at radius 1 is 1.10 bits per heavy atom. The summed E-state index contributed by atoms with van der Waals surface area (Å²) < 4.78 is 1.63. The molecular weight excluding hydrogens is 262 g/mol. The first kappa shape index (κ1) is 13.0. The summed E-state index contributed by atoms with van der Waals surface area (Å²) in [6.45, 7) is 3.74. The minimum atomic E-state index is 0.523. The van der Waals surface area contributed by atoms with Crippen LogP contribution in [-0.4, -0.2) is 19.7 Å². The van der Waals surface area contributed by atoms with Crippen LogP contribution in [0.3, 0.4) is 0 Å². The zero-order valence-corrected chi connectivity index (χ0v) is 11.8. The van der Waals surface area contributed by atoms with Crippen LogP contribution < -0.4 is 0 Å². The highest BCUT2D eigenvalue weighted by Gasteiger charge is 2.12. The Morgan fingerprint density at radius 3 is 2.52 bits per heavy atom. The molecule has 3 aromatic rings. The molecule has 2 aromatic heterocycles. The Labute approximate surface area is 122 Å². The van der Waals surface area contributed by atoms with Gasteiger partial charge in [-0.05, 0) is 13.8 Å². The first-order valence-corrected chi connectivity index (χ1v) is 6.55. The standard InChI is InChI=1S/C16H13N5/c1-11-8-15(19-12(2)18-11)21-10-14(9-17)16(20-21)13-6-4-3-5-7-13/h3-8,10H,1-2H3. The van der Waals surface area contributed by atoms with Gasteiger partial charge in [0, 0.05) is 17.3 Å². The molecule has 5 nitrogen and oxygen atoms in total. The van der Waals surface area contributed by atoms with Crippen LogP contribution in [-0.2, 0) is 0 Å². The van der Waals surface area contributed by atoms with Crippen LogP contribution in [0.4, 0.5) is 0 Å². The van der Waals surface area contributed by atoms with Gasteiger partial charge in [0.15, 0.2) is 5.82 Å². The number of aromatic nitrogens is 4. The second-order valence-corrected chi connectivity index (χ2v) is 4.73. The van der Waals surface area contributed by atoms with Gasteiger partial charge in [-0.1, -0.05) is 30.3 Å². The third-order valence-corrected chi connectivity index (χ3v) is 3.07. The van der Waals surface area contributed by atoms with Crippen molar-refractivity contribution in [1.82, 2.24) is 19.7 Å². The lowest BCUT2D eigenvalue weighted by atomic mass is 10.1. The molecule has 0 aliphatic heterocycles. The number of nitriles is 1. The number of hydrogen-bond acceptors (Lipinski definition) is 4. The van der Waals surface area contributed by atoms with E-state index in [0.717, 1.165) is 11.3 Å². The molecule has 0 N–H and O–H groups in total. The molecule has 5 heteroatoms. The van der Waals surface area contributed by atoms with Crippen molar-refractivity contribution in [2.45, 2.75) is 13.8 Å². The fourth-order valence-corrected chi connectivity index (χ4v) is 2.20. The van der Waals surface area contributed by atoms with Gasteiger partial charge in [-0.2, -0.15) is 10.4 Å². The summed E-state index contributed by atoms with van der Waals surface area (Å²) in [5.74, 6) is 1.35. The minimum Gasteiger partial charge on any atom is -0.238 e. The fraction of sp³-hybridized carbons (Fsp3) is 0.125. The first-order chi connectivity index (χ1) is 10.2. The molecule has 0 amide bonds. The first-order valence-electron chi connectivity index (χ1n) is 6.55. The number of nitrogens with zero attached hydrogens (tertiary/aromatic N) is 5. The van der Waals surface area contributed by atoms with Crippen molar-refractivity contribution < 1.29 is 0 Å². The highest BCUT2D eigenvalue weighted by molar-refractivity contribution is 5.66. The fourth-order valence-electron chi connectivity index (χ4n) is 2.20. The second kappa shape index (κ2) is 5.17. The van der Waals surface area contributed by atoms with Gasteiger partial charge in [0.2, 0.25) is 0 Å². The Morgan fingerprint density at radius 2 is 1.86 bits per heavy atom. The van der Waals surface area contributed by atoms with E-state index in [4.69, 9.17) is 0 Å². The zero-order chi connectivity index (χ0) is 14.8. The molecule has 102 valence electrons. The second-order valence-electron chi connectivity index (χ2n) is 4.73. The van der Waals surface area contributed by atoms with Gasteiger partial charge in [0.1, 0.15) is 17.6 Å². The van der Waals surface area contributed by atoms with Gasteiger partial charge in [-0.25, -0.2) is 14.6 Å². The maximum absolute atomic E-state index is 9.31. The Bertz CT molecular complexity index is 807. The molecule has 0 atom stereocenters. The van der Waals surface area contributed by atoms with Crippen LogP contribution in [0.1, 0.15) is 17.1 Å². The lowest BCUT2D eigenvalue weighted by Gasteiger charge is -2.02. The molecule has 2 heterocycles. The van der Waals surface area contributed by atoms with Gasteiger partial charge < -0.3 is 0 Å². The number of rotatable bonds is 2. The van der Waals surface area contributed by atoms with Crippen LogP contribution in [0, 0.1) is 25.2 Å². The van der Waals surface area contributed by atoms with Crippen molar-refractivity contribution in [1.29, 1.82) is 5.26 Å². The Hall–Kier alpha value is -3.00. The minimum absolute atomic E-state index is 0.523. The predicted octanol–water partition coefficient (Wildman–Crippen LogP) is 2.82. The van der Waals surface area contributed by atoms with E-state index in [1.807, 2.05) is 50.2 Å². The third-order valence-electron chi connectivity index (χ3n) is 3.07. The molecule has 3 rings (SSSR count). The maximum Gasteiger partial charge on any atom is 0.157 e. The summed E-state index contributed by atoms with van der Waals surface area (Å²) in [7, 11) is 0. The van der Waals surface area contributed by atoms with Crippen LogP contribution in [0.2, 0.25) is 0 Å². The number of aryl methyl sites for hydroxylation is 2. The summed E-state index contributed by atoms with van der Waals surface area (Å²) >= 11 is 0. The summed E-state index contributed by atoms with van der Waals surface area (Å²) in [5, 5.41) is 13.8. The van der Waals surface area contributed by atoms with E-state index in [1.165, 1.54) is 0 Å². The van der Waals surface area contributed by atoms with Crippen molar-refractivity contribution in [3.63, 3.8) is 0 Å². The van der Waals surface area contributed by atoms with Crippen molar-refractivity contribution in [2.24, 2.45) is 0 Å². The molecule has 0 saturated carbocycles. The number of benzene rings is 1. The predicted molar refractivity (Wildman–Crippen MR) is 78.8 cm³/mol. The highest BCUT2D eigenvalue weighted by atomic mass is 15.3. The average Bonchev–Trinajstić information content (AvgIpc) is 2.91. The number of hydrogen-bond donors (Lipinski definition) is 0. The van der Waals surface area contributed by atoms with Gasteiger partial charge in [0.05, 0.1) is 11.8 Å². The van der Waals surface area contributed by atoms with E-state index < -0.39 is 0 Å². The molecular formula is C16H13N5. The quantitative estimate of drug-likeness (QED) is 0.721. The summed E-state index contributed by atoms with van der Waals surface area (Å²) in [6.07, 6.45) is 1.70. The third kappa shape index (κ3) is 2.51. The van der Waals surface area contributed by atoms with Crippen LogP contribution >= 0.6 is 0 Å². The van der Waals surface area contributed by atoms with E-state index in [1.54, 1.807) is 10.9 Å². The molecule has 0 saturated heterocycles. The summed E-state index contributed by atoms with van der Waals surface area (Å²) in [4.78, 5) is 8.62. The van der Waals surface area contributed by atoms with Gasteiger partial charge >= 0.3 is 0 Å². The van der Waals surface area contributed by atoms with Gasteiger partial charge in [0.25, 0.3) is 0 Å². The molecule has 0 spiro atoms. The summed E-state index contributed by atoms with van der Waals surface area (Å²) in [5.41, 5.74) is 2.96. The van der Waals surface area contributed by atoms with Gasteiger partial charge in [-0.15, -0.1) is 0 Å². The van der Waals surface area contributed by atoms with E-state index in [2.05, 4.69) is 21.1 Å². The monoisotopic (exact) mass is 275 g/mol. The van der Waals surface area contributed by atoms with Crippen molar-refractivity contribution in [2.75, 3.05) is 0 Å². The Kier molecular flexibility index (Phi) is 3.20. The van der Waals surface area contributed by atoms with Crippen molar-refractivity contribution >= 4 is 0 Å². The molecule has 0 aliphatic rings. The zero-order valence-electron chi connectivity index (χ0n) is 11.8. The summed E-state index contributed by atoms with van der Waals surface area (Å²) in [6, 6.07) is 13.7. The molecule has 0 radical (unpaired) electrons. The lowest BCUT2D eigenvalue weighted by molar-refractivity contribution is 0.824. The SMILES string of the molecule is Cc1cc(-n2cc(C#N)c(-c3ccccc3)n2)nc(C)n1. The van der Waals surface area contributed by atoms with Crippen molar-refractivity contribution in [3.05, 3.63) is 59.7 Å². The van der Waals surface area contributed by atoms with Gasteiger partial charge in [-0.3, -0.25) is 0 Å². The topological polar surface area (TPSA) is 67.4 Å². The molecule has 0 fully saturated rings. The molecule has 0 bridgehead atoms. The molecule has 0 aliphatic carbocycles. The van der Waals surface area contributed by atoms with E-state index in [-0.39, 0.29) is 0 Å². The van der Waals surface area contributed by atoms with E-state index >= 15 is 0 Å². The van der Waals surface area contributed by atoms with Crippen molar-refractivity contribution in [3.8, 4) is 23.1 Å². The maximum atomic E-state index is 9.31. The van der Waals surface area contributed by atoms with Crippen LogP contribution in [0.15, 0.2) is 42.6 Å². The van der Waals surface area contributed by atoms with Crippen LogP contribution in [0.25, 0.3) is 17.1 Å². The van der Waals surface area contributed by atoms with E-state index in [9.17, 15) is 5.26 Å². The largest absolute Gasteiger partial charge is 0.238 e. The van der Waals surface area contributed by atoms with E-state index in [0.29, 0.717) is 22.9 Å². The molecule has 0 unspecified atom stereocenters.